The van der Waals surface area contributed by atoms with E-state index in [0.29, 0.717) is 0 Å². The molecule has 2 fully saturated rings. The predicted octanol–water partition coefficient (Wildman–Crippen LogP) is 3.99. The zero-order chi connectivity index (χ0) is 19.1. The Morgan fingerprint density at radius 2 is 1.71 bits per heavy atom. The van der Waals surface area contributed by atoms with Crippen LogP contribution in [0.15, 0.2) is 66.9 Å². The van der Waals surface area contributed by atoms with E-state index in [9.17, 15) is 4.79 Å². The molecule has 2 bridgehead atoms. The number of hydrogen-bond donors (Lipinski definition) is 1. The van der Waals surface area contributed by atoms with Crippen molar-refractivity contribution < 1.29 is 9.53 Å². The number of rotatable bonds is 4. The number of aromatic nitrogens is 2. The second-order valence-corrected chi connectivity index (χ2v) is 7.69. The third-order valence-corrected chi connectivity index (χ3v) is 5.91. The minimum Gasteiger partial charge on any atom is -0.373 e. The van der Waals surface area contributed by atoms with Crippen molar-refractivity contribution in [3.63, 3.8) is 0 Å². The largest absolute Gasteiger partial charge is 0.373 e. The monoisotopic (exact) mass is 373 g/mol. The molecule has 3 heterocycles. The Balaban J connectivity index is 1.34. The third kappa shape index (κ3) is 3.02. The first-order valence-electron chi connectivity index (χ1n) is 9.80. The molecule has 5 heteroatoms. The van der Waals surface area contributed by atoms with Crippen molar-refractivity contribution in [2.45, 2.75) is 31.0 Å². The lowest BCUT2D eigenvalue weighted by molar-refractivity contribution is -0.121. The maximum Gasteiger partial charge on any atom is 0.230 e. The molecule has 5 nitrogen and oxygen atoms in total. The first kappa shape index (κ1) is 17.2. The summed E-state index contributed by atoms with van der Waals surface area (Å²) in [6.07, 6.45) is 3.95. The van der Waals surface area contributed by atoms with Gasteiger partial charge < -0.3 is 10.1 Å². The Labute approximate surface area is 164 Å². The van der Waals surface area contributed by atoms with E-state index in [1.54, 1.807) is 4.68 Å². The summed E-state index contributed by atoms with van der Waals surface area (Å²) in [5, 5.41) is 7.65. The van der Waals surface area contributed by atoms with E-state index < -0.39 is 0 Å². The molecule has 0 unspecified atom stereocenters. The number of amides is 1. The van der Waals surface area contributed by atoms with Gasteiger partial charge in [-0.2, -0.15) is 5.10 Å². The fraction of sp³-hybridized carbons (Fsp3) is 0.304. The van der Waals surface area contributed by atoms with Crippen molar-refractivity contribution in [3.8, 4) is 11.1 Å². The van der Waals surface area contributed by atoms with Crippen molar-refractivity contribution in [2.75, 3.05) is 5.32 Å². The normalized spacial score (nSPS) is 25.8. The van der Waals surface area contributed by atoms with Gasteiger partial charge in [0.1, 0.15) is 0 Å². The fourth-order valence-corrected chi connectivity index (χ4v) is 4.60. The summed E-state index contributed by atoms with van der Waals surface area (Å²) in [6.45, 7) is 0. The van der Waals surface area contributed by atoms with E-state index in [1.165, 1.54) is 0 Å². The number of hydrogen-bond acceptors (Lipinski definition) is 3. The van der Waals surface area contributed by atoms with Gasteiger partial charge in [0.2, 0.25) is 5.91 Å². The minimum absolute atomic E-state index is 0.0133. The molecule has 0 saturated carbocycles. The molecule has 2 aliphatic rings. The van der Waals surface area contributed by atoms with Gasteiger partial charge in [0, 0.05) is 24.8 Å². The average Bonchev–Trinajstić information content (AvgIpc) is 3.45. The van der Waals surface area contributed by atoms with Crippen LogP contribution in [0.1, 0.15) is 24.5 Å². The number of nitrogens with one attached hydrogen (secondary N) is 1. The molecule has 28 heavy (non-hydrogen) atoms. The molecule has 2 aromatic carbocycles. The molecular weight excluding hydrogens is 350 g/mol. The number of carbonyl (C=O) groups is 1. The van der Waals surface area contributed by atoms with E-state index in [2.05, 4.69) is 22.5 Å². The number of anilines is 1. The van der Waals surface area contributed by atoms with Gasteiger partial charge in [0.15, 0.2) is 0 Å². The molecule has 0 aliphatic carbocycles. The summed E-state index contributed by atoms with van der Waals surface area (Å²) in [5.74, 6) is -0.138. The first-order chi connectivity index (χ1) is 13.7. The lowest BCUT2D eigenvalue weighted by atomic mass is 9.77. The maximum absolute atomic E-state index is 13.1. The third-order valence-electron chi connectivity index (χ3n) is 5.91. The molecule has 142 valence electrons. The van der Waals surface area contributed by atoms with Crippen molar-refractivity contribution in [2.24, 2.45) is 13.0 Å². The highest BCUT2D eigenvalue weighted by Crippen LogP contribution is 2.48. The van der Waals surface area contributed by atoms with Gasteiger partial charge in [-0.1, -0.05) is 42.5 Å². The van der Waals surface area contributed by atoms with E-state index in [-0.39, 0.29) is 30.0 Å². The van der Waals surface area contributed by atoms with Crippen molar-refractivity contribution >= 4 is 11.6 Å². The van der Waals surface area contributed by atoms with Crippen LogP contribution in [0.2, 0.25) is 0 Å². The van der Waals surface area contributed by atoms with Gasteiger partial charge in [0.25, 0.3) is 0 Å². The van der Waals surface area contributed by atoms with Crippen LogP contribution < -0.4 is 5.32 Å². The van der Waals surface area contributed by atoms with Crippen molar-refractivity contribution in [1.82, 2.24) is 9.78 Å². The van der Waals surface area contributed by atoms with Gasteiger partial charge in [-0.05, 0) is 42.2 Å². The van der Waals surface area contributed by atoms with E-state index in [4.69, 9.17) is 4.74 Å². The van der Waals surface area contributed by atoms with Crippen LogP contribution in [0.3, 0.4) is 0 Å². The van der Waals surface area contributed by atoms with Crippen LogP contribution in [0, 0.1) is 5.92 Å². The Bertz CT molecular complexity index is 981. The molecule has 1 N–H and O–H groups in total. The molecule has 3 aromatic rings. The second kappa shape index (κ2) is 6.91. The van der Waals surface area contributed by atoms with Crippen LogP contribution in [-0.2, 0) is 16.6 Å². The number of aryl methyl sites for hydroxylation is 1. The standard InChI is InChI=1S/C23H23N3O2/c1-26-14-13-18(25-26)21-19-11-12-20(28-19)22(21)23(27)24-17-9-7-16(8-10-17)15-5-3-2-4-6-15/h2-10,13-14,19-22H,11-12H2,1H3,(H,24,27)/t19-,20+,21+,22-/m1/s1. The van der Waals surface area contributed by atoms with Crippen LogP contribution in [0.5, 0.6) is 0 Å². The first-order valence-corrected chi connectivity index (χ1v) is 9.80. The molecule has 0 radical (unpaired) electrons. The lowest BCUT2D eigenvalue weighted by Crippen LogP contribution is -2.36. The van der Waals surface area contributed by atoms with E-state index in [1.807, 2.05) is 61.8 Å². The van der Waals surface area contributed by atoms with Crippen LogP contribution in [-0.4, -0.2) is 27.9 Å². The number of nitrogens with zero attached hydrogens (tertiary/aromatic N) is 2. The zero-order valence-electron chi connectivity index (χ0n) is 15.8. The summed E-state index contributed by atoms with van der Waals surface area (Å²) in [4.78, 5) is 13.1. The molecule has 1 amide bonds. The van der Waals surface area contributed by atoms with Gasteiger partial charge in [0.05, 0.1) is 23.8 Å². The Kier molecular flexibility index (Phi) is 4.24. The summed E-state index contributed by atoms with van der Waals surface area (Å²) in [7, 11) is 1.90. The van der Waals surface area contributed by atoms with Gasteiger partial charge in [-0.25, -0.2) is 0 Å². The van der Waals surface area contributed by atoms with E-state index >= 15 is 0 Å². The molecule has 4 atom stereocenters. The van der Waals surface area contributed by atoms with Gasteiger partial charge in [-0.3, -0.25) is 9.48 Å². The van der Waals surface area contributed by atoms with Crippen LogP contribution in [0.4, 0.5) is 5.69 Å². The number of fused-ring (bicyclic) bond motifs is 2. The second-order valence-electron chi connectivity index (χ2n) is 7.69. The summed E-state index contributed by atoms with van der Waals surface area (Å²) >= 11 is 0. The van der Waals surface area contributed by atoms with Gasteiger partial charge >= 0.3 is 0 Å². The van der Waals surface area contributed by atoms with Crippen LogP contribution in [0.25, 0.3) is 11.1 Å². The zero-order valence-corrected chi connectivity index (χ0v) is 15.8. The number of ether oxygens (including phenoxy) is 1. The summed E-state index contributed by atoms with van der Waals surface area (Å²) < 4.78 is 7.88. The predicted molar refractivity (Wildman–Crippen MR) is 108 cm³/mol. The fourth-order valence-electron chi connectivity index (χ4n) is 4.60. The Morgan fingerprint density at radius 1 is 1.00 bits per heavy atom. The highest BCUT2D eigenvalue weighted by atomic mass is 16.5. The number of benzene rings is 2. The Hall–Kier alpha value is -2.92. The molecule has 0 spiro atoms. The molecule has 2 saturated heterocycles. The lowest BCUT2D eigenvalue weighted by Gasteiger charge is -2.25. The maximum atomic E-state index is 13.1. The molecule has 2 aliphatic heterocycles. The number of carbonyl (C=O) groups excluding carboxylic acids is 1. The molecule has 1 aromatic heterocycles. The SMILES string of the molecule is Cn1ccc([C@@H]2[C@H](C(=O)Nc3ccc(-c4ccccc4)cc3)[C@@H]3CC[C@H]2O3)n1. The van der Waals surface area contributed by atoms with Crippen molar-refractivity contribution in [3.05, 3.63) is 72.6 Å². The Morgan fingerprint density at radius 3 is 2.43 bits per heavy atom. The molecular formula is C23H23N3O2. The van der Waals surface area contributed by atoms with Gasteiger partial charge in [-0.15, -0.1) is 0 Å². The minimum atomic E-state index is -0.192. The summed E-state index contributed by atoms with van der Waals surface area (Å²) in [5.41, 5.74) is 4.06. The highest BCUT2D eigenvalue weighted by molar-refractivity contribution is 5.94. The van der Waals surface area contributed by atoms with Crippen molar-refractivity contribution in [1.29, 1.82) is 0 Å². The molecule has 5 rings (SSSR count). The topological polar surface area (TPSA) is 56.2 Å². The highest BCUT2D eigenvalue weighted by Gasteiger charge is 2.53. The van der Waals surface area contributed by atoms with Crippen LogP contribution >= 0.6 is 0 Å². The van der Waals surface area contributed by atoms with E-state index in [0.717, 1.165) is 35.3 Å². The quantitative estimate of drug-likeness (QED) is 0.752. The summed E-state index contributed by atoms with van der Waals surface area (Å²) in [6, 6.07) is 20.2. The smallest absolute Gasteiger partial charge is 0.230 e. The average molecular weight is 373 g/mol.